The molecule has 0 atom stereocenters. The second-order valence-electron chi connectivity index (χ2n) is 5.48. The molecular formula is C18H16N2O5. The molecule has 128 valence electrons. The van der Waals surface area contributed by atoms with Gasteiger partial charge in [-0.15, -0.1) is 0 Å². The van der Waals surface area contributed by atoms with Crippen LogP contribution in [0, 0.1) is 13.8 Å². The smallest absolute Gasteiger partial charge is 0.377 e. The lowest BCUT2D eigenvalue weighted by Gasteiger charge is -2.13. The third-order valence-corrected chi connectivity index (χ3v) is 3.79. The zero-order valence-electron chi connectivity index (χ0n) is 14.0. The minimum absolute atomic E-state index is 0.00497. The number of ether oxygens (including phenoxy) is 2. The van der Waals surface area contributed by atoms with Gasteiger partial charge in [0.2, 0.25) is 5.76 Å². The molecule has 2 heterocycles. The number of aryl methyl sites for hydroxylation is 2. The Kier molecular flexibility index (Phi) is 4.47. The van der Waals surface area contributed by atoms with Crippen LogP contribution in [-0.4, -0.2) is 29.2 Å². The van der Waals surface area contributed by atoms with E-state index in [1.54, 1.807) is 13.8 Å². The van der Waals surface area contributed by atoms with Crippen LogP contribution >= 0.6 is 0 Å². The third-order valence-electron chi connectivity index (χ3n) is 3.79. The molecule has 7 heteroatoms. The van der Waals surface area contributed by atoms with Crippen LogP contribution in [-0.2, 0) is 16.1 Å². The van der Waals surface area contributed by atoms with Crippen molar-refractivity contribution in [1.82, 2.24) is 10.1 Å². The highest BCUT2D eigenvalue weighted by molar-refractivity contribution is 5.98. The Bertz CT molecular complexity index is 961. The van der Waals surface area contributed by atoms with Crippen molar-refractivity contribution in [1.29, 1.82) is 0 Å². The minimum atomic E-state index is -0.677. The molecule has 0 saturated carbocycles. The van der Waals surface area contributed by atoms with Crippen LogP contribution in [0.3, 0.4) is 0 Å². The van der Waals surface area contributed by atoms with Gasteiger partial charge in [0.15, 0.2) is 0 Å². The van der Waals surface area contributed by atoms with Gasteiger partial charge in [-0.05, 0) is 25.5 Å². The van der Waals surface area contributed by atoms with Crippen LogP contribution in [0.4, 0.5) is 0 Å². The third kappa shape index (κ3) is 3.21. The number of para-hydroxylation sites is 1. The summed E-state index contributed by atoms with van der Waals surface area (Å²) in [5.41, 5.74) is 2.62. The van der Waals surface area contributed by atoms with E-state index in [2.05, 4.69) is 10.1 Å². The Hall–Kier alpha value is -3.22. The molecule has 3 rings (SSSR count). The van der Waals surface area contributed by atoms with Crippen molar-refractivity contribution in [3.63, 3.8) is 0 Å². The largest absolute Gasteiger partial charge is 0.465 e. The lowest BCUT2D eigenvalue weighted by Crippen LogP contribution is -2.14. The normalized spacial score (nSPS) is 10.7. The number of rotatable bonds is 4. The van der Waals surface area contributed by atoms with Crippen molar-refractivity contribution in [3.8, 4) is 0 Å². The summed E-state index contributed by atoms with van der Waals surface area (Å²) < 4.78 is 14.9. The summed E-state index contributed by atoms with van der Waals surface area (Å²) in [6.45, 7) is 3.32. The fourth-order valence-electron chi connectivity index (χ4n) is 2.58. The molecule has 0 aliphatic carbocycles. The molecule has 0 aliphatic rings. The Morgan fingerprint density at radius 2 is 1.92 bits per heavy atom. The predicted octanol–water partition coefficient (Wildman–Crippen LogP) is 2.98. The molecule has 1 aromatic carbocycles. The molecule has 0 radical (unpaired) electrons. The molecule has 25 heavy (non-hydrogen) atoms. The van der Waals surface area contributed by atoms with E-state index in [4.69, 9.17) is 14.0 Å². The minimum Gasteiger partial charge on any atom is -0.465 e. The number of hydrogen-bond donors (Lipinski definition) is 0. The molecule has 0 bridgehead atoms. The van der Waals surface area contributed by atoms with Crippen molar-refractivity contribution in [3.05, 3.63) is 58.6 Å². The van der Waals surface area contributed by atoms with Crippen LogP contribution in [0.15, 0.2) is 34.9 Å². The van der Waals surface area contributed by atoms with E-state index in [-0.39, 0.29) is 12.4 Å². The zero-order chi connectivity index (χ0) is 18.0. The Morgan fingerprint density at radius 1 is 1.16 bits per heavy atom. The number of carbonyl (C=O) groups excluding carboxylic acids is 2. The second kappa shape index (κ2) is 6.72. The fourth-order valence-corrected chi connectivity index (χ4v) is 2.58. The summed E-state index contributed by atoms with van der Waals surface area (Å²) in [5, 5.41) is 4.48. The quantitative estimate of drug-likeness (QED) is 0.674. The van der Waals surface area contributed by atoms with E-state index < -0.39 is 11.9 Å². The van der Waals surface area contributed by atoms with Gasteiger partial charge in [-0.2, -0.15) is 0 Å². The van der Waals surface area contributed by atoms with E-state index in [1.807, 2.05) is 24.3 Å². The van der Waals surface area contributed by atoms with Gasteiger partial charge in [-0.25, -0.2) is 14.6 Å². The first-order valence-electron chi connectivity index (χ1n) is 7.58. The summed E-state index contributed by atoms with van der Waals surface area (Å²) in [4.78, 5) is 28.7. The van der Waals surface area contributed by atoms with Gasteiger partial charge in [-0.1, -0.05) is 23.4 Å². The molecule has 0 saturated heterocycles. The summed E-state index contributed by atoms with van der Waals surface area (Å²) in [7, 11) is 1.30. The standard InChI is InChI=1S/C18H16N2O5/c1-10-8-15(25-20-10)17(21)24-9-14-16(18(22)23-3)11(2)12-6-4-5-7-13(12)19-14/h4-8H,9H2,1-3H3. The van der Waals surface area contributed by atoms with Crippen LogP contribution in [0.5, 0.6) is 0 Å². The fraction of sp³-hybridized carbons (Fsp3) is 0.222. The number of pyridine rings is 1. The van der Waals surface area contributed by atoms with E-state index in [9.17, 15) is 9.59 Å². The molecule has 7 nitrogen and oxygen atoms in total. The number of esters is 2. The molecule has 2 aromatic heterocycles. The van der Waals surface area contributed by atoms with Gasteiger partial charge in [0, 0.05) is 11.5 Å². The highest BCUT2D eigenvalue weighted by Crippen LogP contribution is 2.24. The summed E-state index contributed by atoms with van der Waals surface area (Å²) in [6.07, 6.45) is 0. The average molecular weight is 340 g/mol. The summed E-state index contributed by atoms with van der Waals surface area (Å²) in [6, 6.07) is 8.89. The van der Waals surface area contributed by atoms with Gasteiger partial charge >= 0.3 is 11.9 Å². The maximum absolute atomic E-state index is 12.2. The van der Waals surface area contributed by atoms with Crippen molar-refractivity contribution < 1.29 is 23.6 Å². The molecule has 0 amide bonds. The van der Waals surface area contributed by atoms with Crippen LogP contribution < -0.4 is 0 Å². The number of hydrogen-bond acceptors (Lipinski definition) is 7. The first-order chi connectivity index (χ1) is 12.0. The maximum atomic E-state index is 12.2. The van der Waals surface area contributed by atoms with Gasteiger partial charge in [0.25, 0.3) is 0 Å². The topological polar surface area (TPSA) is 91.5 Å². The van der Waals surface area contributed by atoms with Crippen LogP contribution in [0.25, 0.3) is 10.9 Å². The maximum Gasteiger partial charge on any atom is 0.377 e. The number of methoxy groups -OCH3 is 1. The lowest BCUT2D eigenvalue weighted by atomic mass is 10.0. The highest BCUT2D eigenvalue weighted by atomic mass is 16.6. The average Bonchev–Trinajstić information content (AvgIpc) is 3.05. The van der Waals surface area contributed by atoms with Gasteiger partial charge in [0.1, 0.15) is 6.61 Å². The Labute approximate surface area is 143 Å². The molecule has 3 aromatic rings. The molecule has 0 spiro atoms. The van der Waals surface area contributed by atoms with Crippen molar-refractivity contribution >= 4 is 22.8 Å². The number of nitrogens with zero attached hydrogens (tertiary/aromatic N) is 2. The molecule has 0 fully saturated rings. The Balaban J connectivity index is 1.96. The second-order valence-corrected chi connectivity index (χ2v) is 5.48. The zero-order valence-corrected chi connectivity index (χ0v) is 14.0. The van der Waals surface area contributed by atoms with E-state index >= 15 is 0 Å². The highest BCUT2D eigenvalue weighted by Gasteiger charge is 2.21. The van der Waals surface area contributed by atoms with Crippen LogP contribution in [0.2, 0.25) is 0 Å². The first kappa shape index (κ1) is 16.6. The van der Waals surface area contributed by atoms with Crippen molar-refractivity contribution in [2.75, 3.05) is 7.11 Å². The van der Waals surface area contributed by atoms with Gasteiger partial charge in [0.05, 0.1) is 29.6 Å². The molecular weight excluding hydrogens is 324 g/mol. The first-order valence-corrected chi connectivity index (χ1v) is 7.58. The number of aromatic nitrogens is 2. The molecule has 0 N–H and O–H groups in total. The number of benzene rings is 1. The predicted molar refractivity (Wildman–Crippen MR) is 88.2 cm³/mol. The van der Waals surface area contributed by atoms with Gasteiger partial charge < -0.3 is 14.0 Å². The Morgan fingerprint density at radius 3 is 2.60 bits per heavy atom. The molecule has 0 unspecified atom stereocenters. The van der Waals surface area contributed by atoms with Crippen molar-refractivity contribution in [2.24, 2.45) is 0 Å². The summed E-state index contributed by atoms with van der Waals surface area (Å²) >= 11 is 0. The summed E-state index contributed by atoms with van der Waals surface area (Å²) in [5.74, 6) is -1.21. The SMILES string of the molecule is COC(=O)c1c(COC(=O)c2cc(C)no2)nc2ccccc2c1C. The van der Waals surface area contributed by atoms with Crippen LogP contribution in [0.1, 0.15) is 37.9 Å². The molecule has 0 aliphatic heterocycles. The van der Waals surface area contributed by atoms with E-state index in [1.165, 1.54) is 13.2 Å². The van der Waals surface area contributed by atoms with E-state index in [0.29, 0.717) is 22.5 Å². The van der Waals surface area contributed by atoms with Crippen molar-refractivity contribution in [2.45, 2.75) is 20.5 Å². The lowest BCUT2D eigenvalue weighted by molar-refractivity contribution is 0.0412. The number of fused-ring (bicyclic) bond motifs is 1. The number of carbonyl (C=O) groups is 2. The monoisotopic (exact) mass is 340 g/mol. The van der Waals surface area contributed by atoms with Gasteiger partial charge in [-0.3, -0.25) is 0 Å². The van der Waals surface area contributed by atoms with E-state index in [0.717, 1.165) is 10.9 Å².